The number of benzene rings is 1. The van der Waals surface area contributed by atoms with Crippen LogP contribution in [0.15, 0.2) is 24.3 Å². The number of carbonyl (C=O) groups excluding carboxylic acids is 1. The van der Waals surface area contributed by atoms with Gasteiger partial charge in [0.2, 0.25) is 5.91 Å². The van der Waals surface area contributed by atoms with Crippen LogP contribution in [0.3, 0.4) is 0 Å². The smallest absolute Gasteiger partial charge is 0.233 e. The molecule has 1 amide bonds. The Balaban J connectivity index is 2.09. The Morgan fingerprint density at radius 1 is 1.40 bits per heavy atom. The average Bonchev–Trinajstić information content (AvgIpc) is 2.41. The molecule has 112 valence electrons. The number of hydrogen-bond acceptors (Lipinski definition) is 4. The predicted molar refractivity (Wildman–Crippen MR) is 78.7 cm³/mol. The van der Waals surface area contributed by atoms with Crippen LogP contribution in [0.2, 0.25) is 5.02 Å². The molecule has 1 aromatic carbocycles. The van der Waals surface area contributed by atoms with Crippen molar-refractivity contribution in [1.82, 2.24) is 10.6 Å². The number of aliphatic hydroxyl groups excluding tert-OH is 1. The lowest BCUT2D eigenvalue weighted by molar-refractivity contribution is -0.120. The minimum Gasteiger partial charge on any atom is -0.389 e. The molecule has 0 aromatic heterocycles. The molecule has 1 aromatic rings. The van der Waals surface area contributed by atoms with Crippen molar-refractivity contribution in [2.45, 2.75) is 19.6 Å². The first kappa shape index (κ1) is 16.9. The summed E-state index contributed by atoms with van der Waals surface area (Å²) in [5.41, 5.74) is 0.997. The van der Waals surface area contributed by atoms with E-state index in [1.165, 1.54) is 0 Å². The fourth-order valence-electron chi connectivity index (χ4n) is 1.56. The summed E-state index contributed by atoms with van der Waals surface area (Å²) in [7, 11) is 0. The van der Waals surface area contributed by atoms with Gasteiger partial charge in [0.15, 0.2) is 0 Å². The van der Waals surface area contributed by atoms with Gasteiger partial charge in [-0.25, -0.2) is 0 Å². The van der Waals surface area contributed by atoms with Gasteiger partial charge in [-0.05, 0) is 24.6 Å². The van der Waals surface area contributed by atoms with E-state index in [2.05, 4.69) is 10.6 Å². The van der Waals surface area contributed by atoms with Gasteiger partial charge in [0, 0.05) is 18.1 Å². The summed E-state index contributed by atoms with van der Waals surface area (Å²) >= 11 is 5.78. The van der Waals surface area contributed by atoms with Crippen molar-refractivity contribution >= 4 is 17.5 Å². The Morgan fingerprint density at radius 3 is 2.75 bits per heavy atom. The van der Waals surface area contributed by atoms with E-state index in [9.17, 15) is 9.90 Å². The fraction of sp³-hybridized carbons (Fsp3) is 0.500. The van der Waals surface area contributed by atoms with Crippen LogP contribution in [0.1, 0.15) is 12.5 Å². The molecule has 5 nitrogen and oxygen atoms in total. The van der Waals surface area contributed by atoms with Crippen molar-refractivity contribution < 1.29 is 14.6 Å². The summed E-state index contributed by atoms with van der Waals surface area (Å²) in [6, 6.07) is 7.35. The molecule has 0 aliphatic heterocycles. The highest BCUT2D eigenvalue weighted by Gasteiger charge is 2.05. The van der Waals surface area contributed by atoms with E-state index in [1.54, 1.807) is 12.1 Å². The largest absolute Gasteiger partial charge is 0.389 e. The van der Waals surface area contributed by atoms with Crippen LogP contribution in [0.5, 0.6) is 0 Å². The third-order valence-electron chi connectivity index (χ3n) is 2.53. The molecule has 1 rings (SSSR count). The van der Waals surface area contributed by atoms with Crippen molar-refractivity contribution in [2.24, 2.45) is 0 Å². The highest BCUT2D eigenvalue weighted by atomic mass is 35.5. The number of hydrogen-bond donors (Lipinski definition) is 3. The Hall–Kier alpha value is -1.14. The van der Waals surface area contributed by atoms with Crippen molar-refractivity contribution in [3.05, 3.63) is 34.9 Å². The van der Waals surface area contributed by atoms with E-state index in [1.807, 2.05) is 19.1 Å². The predicted octanol–water partition coefficient (Wildman–Crippen LogP) is 0.943. The maximum atomic E-state index is 11.2. The molecule has 0 saturated carbocycles. The molecule has 0 fully saturated rings. The van der Waals surface area contributed by atoms with Gasteiger partial charge in [-0.2, -0.15) is 0 Å². The number of nitrogens with one attached hydrogen (secondary N) is 2. The monoisotopic (exact) mass is 300 g/mol. The van der Waals surface area contributed by atoms with Gasteiger partial charge in [-0.3, -0.25) is 4.79 Å². The Labute approximate surface area is 124 Å². The molecule has 0 aliphatic carbocycles. The number of carbonyl (C=O) groups is 1. The van der Waals surface area contributed by atoms with Gasteiger partial charge < -0.3 is 20.5 Å². The number of rotatable bonds is 9. The van der Waals surface area contributed by atoms with E-state index < -0.39 is 6.10 Å². The minimum atomic E-state index is -0.642. The van der Waals surface area contributed by atoms with Crippen LogP contribution in [-0.2, 0) is 16.1 Å². The maximum absolute atomic E-state index is 11.2. The second kappa shape index (κ2) is 9.72. The van der Waals surface area contributed by atoms with Crippen LogP contribution in [0.25, 0.3) is 0 Å². The second-order valence-electron chi connectivity index (χ2n) is 4.38. The number of amides is 1. The van der Waals surface area contributed by atoms with Crippen LogP contribution in [-0.4, -0.2) is 43.4 Å². The van der Waals surface area contributed by atoms with Crippen LogP contribution >= 0.6 is 11.6 Å². The first-order valence-corrected chi connectivity index (χ1v) is 6.97. The van der Waals surface area contributed by atoms with Gasteiger partial charge in [0.05, 0.1) is 25.9 Å². The standard InChI is InChI=1S/C14H21ClN2O3/c1-2-17-14(19)8-16-7-13(18)10-20-9-11-3-5-12(15)6-4-11/h3-6,13,16,18H,2,7-10H2,1H3,(H,17,19). The third kappa shape index (κ3) is 7.45. The SMILES string of the molecule is CCNC(=O)CNCC(O)COCc1ccc(Cl)cc1. The summed E-state index contributed by atoms with van der Waals surface area (Å²) in [4.78, 5) is 11.2. The molecular formula is C14H21ClN2O3. The molecule has 0 aliphatic rings. The van der Waals surface area contributed by atoms with E-state index in [-0.39, 0.29) is 19.1 Å². The normalized spacial score (nSPS) is 12.2. The number of halogens is 1. The quantitative estimate of drug-likeness (QED) is 0.635. The zero-order chi connectivity index (χ0) is 14.8. The highest BCUT2D eigenvalue weighted by molar-refractivity contribution is 6.30. The lowest BCUT2D eigenvalue weighted by atomic mass is 10.2. The molecule has 1 unspecified atom stereocenters. The molecule has 1 atom stereocenters. The lowest BCUT2D eigenvalue weighted by Gasteiger charge is -2.12. The summed E-state index contributed by atoms with van der Waals surface area (Å²) in [6.45, 7) is 3.61. The Kier molecular flexibility index (Phi) is 8.22. The topological polar surface area (TPSA) is 70.6 Å². The lowest BCUT2D eigenvalue weighted by Crippen LogP contribution is -2.38. The summed E-state index contributed by atoms with van der Waals surface area (Å²) < 4.78 is 5.39. The van der Waals surface area contributed by atoms with E-state index >= 15 is 0 Å². The zero-order valence-electron chi connectivity index (χ0n) is 11.6. The van der Waals surface area contributed by atoms with Gasteiger partial charge in [-0.15, -0.1) is 0 Å². The maximum Gasteiger partial charge on any atom is 0.233 e. The summed E-state index contributed by atoms with van der Waals surface area (Å²) in [6.07, 6.45) is -0.642. The van der Waals surface area contributed by atoms with Crippen LogP contribution < -0.4 is 10.6 Å². The van der Waals surface area contributed by atoms with E-state index in [0.717, 1.165) is 5.56 Å². The highest BCUT2D eigenvalue weighted by Crippen LogP contribution is 2.10. The fourth-order valence-corrected chi connectivity index (χ4v) is 1.69. The van der Waals surface area contributed by atoms with Crippen molar-refractivity contribution in [3.63, 3.8) is 0 Å². The van der Waals surface area contributed by atoms with Gasteiger partial charge >= 0.3 is 0 Å². The van der Waals surface area contributed by atoms with Gasteiger partial charge in [-0.1, -0.05) is 23.7 Å². The first-order valence-electron chi connectivity index (χ1n) is 6.59. The zero-order valence-corrected chi connectivity index (χ0v) is 12.3. The third-order valence-corrected chi connectivity index (χ3v) is 2.78. The molecule has 0 bridgehead atoms. The first-order chi connectivity index (χ1) is 9.61. The molecule has 20 heavy (non-hydrogen) atoms. The van der Waals surface area contributed by atoms with Gasteiger partial charge in [0.25, 0.3) is 0 Å². The Bertz CT molecular complexity index is 398. The van der Waals surface area contributed by atoms with Gasteiger partial charge in [0.1, 0.15) is 0 Å². The Morgan fingerprint density at radius 2 is 2.10 bits per heavy atom. The minimum absolute atomic E-state index is 0.0817. The molecule has 0 saturated heterocycles. The van der Waals surface area contributed by atoms with Crippen molar-refractivity contribution in [1.29, 1.82) is 0 Å². The molecule has 6 heteroatoms. The summed E-state index contributed by atoms with van der Waals surface area (Å²) in [5, 5.41) is 15.9. The van der Waals surface area contributed by atoms with Crippen molar-refractivity contribution in [2.75, 3.05) is 26.2 Å². The van der Waals surface area contributed by atoms with E-state index in [0.29, 0.717) is 24.7 Å². The molecule has 0 heterocycles. The number of likely N-dealkylation sites (N-methyl/N-ethyl adjacent to an activating group) is 1. The number of aliphatic hydroxyl groups is 1. The van der Waals surface area contributed by atoms with Crippen molar-refractivity contribution in [3.8, 4) is 0 Å². The average molecular weight is 301 g/mol. The van der Waals surface area contributed by atoms with Crippen LogP contribution in [0.4, 0.5) is 0 Å². The molecule has 0 spiro atoms. The summed E-state index contributed by atoms with van der Waals surface area (Å²) in [5.74, 6) is -0.0817. The number of ether oxygens (including phenoxy) is 1. The molecular weight excluding hydrogens is 280 g/mol. The van der Waals surface area contributed by atoms with E-state index in [4.69, 9.17) is 16.3 Å². The van der Waals surface area contributed by atoms with Crippen LogP contribution in [0, 0.1) is 0 Å². The molecule has 0 radical (unpaired) electrons. The molecule has 3 N–H and O–H groups in total. The second-order valence-corrected chi connectivity index (χ2v) is 4.82.